The Morgan fingerprint density at radius 3 is 2.73 bits per heavy atom. The Kier molecular flexibility index (Phi) is 5.43. The number of hydrogen-bond donors (Lipinski definition) is 3. The van der Waals surface area contributed by atoms with E-state index in [2.05, 4.69) is 22.0 Å². The van der Waals surface area contributed by atoms with Crippen LogP contribution in [0, 0.1) is 0 Å². The van der Waals surface area contributed by atoms with Crippen molar-refractivity contribution in [3.05, 3.63) is 41.5 Å². The van der Waals surface area contributed by atoms with E-state index in [0.717, 1.165) is 25.6 Å². The lowest BCUT2D eigenvalue weighted by atomic mass is 10.1. The molecule has 2 rings (SSSR count). The van der Waals surface area contributed by atoms with Gasteiger partial charge < -0.3 is 16.0 Å². The zero-order valence-electron chi connectivity index (χ0n) is 12.0. The number of anilines is 1. The maximum Gasteiger partial charge on any atom is 0.418 e. The van der Waals surface area contributed by atoms with Crippen molar-refractivity contribution >= 4 is 11.7 Å². The standard InChI is InChI=1S/C15H18F3N3O/c16-15(17,18)12-3-1-2-4-13(12)21-14(22)20-10-7-11-5-8-19-9-6-11/h1-5,19H,6-10H2,(H2,20,21,22). The Morgan fingerprint density at radius 2 is 2.05 bits per heavy atom. The van der Waals surface area contributed by atoms with E-state index < -0.39 is 17.8 Å². The molecule has 0 fully saturated rings. The number of benzene rings is 1. The first-order valence-electron chi connectivity index (χ1n) is 7.06. The van der Waals surface area contributed by atoms with Crippen LogP contribution in [0.4, 0.5) is 23.7 Å². The molecule has 0 bridgehead atoms. The molecular formula is C15H18F3N3O. The van der Waals surface area contributed by atoms with E-state index in [1.165, 1.54) is 23.8 Å². The van der Waals surface area contributed by atoms with Gasteiger partial charge in [0.25, 0.3) is 0 Å². The van der Waals surface area contributed by atoms with E-state index in [1.807, 2.05) is 0 Å². The van der Waals surface area contributed by atoms with Crippen LogP contribution in [0.15, 0.2) is 35.9 Å². The molecule has 1 aliphatic rings. The number of rotatable bonds is 4. The SMILES string of the molecule is O=C(NCCC1=CCNCC1)Nc1ccccc1C(F)(F)F. The molecule has 0 atom stereocenters. The summed E-state index contributed by atoms with van der Waals surface area (Å²) in [6, 6.07) is 4.28. The number of amides is 2. The Morgan fingerprint density at radius 1 is 1.27 bits per heavy atom. The second kappa shape index (κ2) is 7.31. The third kappa shape index (κ3) is 4.77. The summed E-state index contributed by atoms with van der Waals surface area (Å²) >= 11 is 0. The number of urea groups is 1. The first-order chi connectivity index (χ1) is 10.5. The molecule has 120 valence electrons. The van der Waals surface area contributed by atoms with E-state index >= 15 is 0 Å². The first-order valence-corrected chi connectivity index (χ1v) is 7.06. The van der Waals surface area contributed by atoms with Crippen LogP contribution in [0.5, 0.6) is 0 Å². The van der Waals surface area contributed by atoms with Crippen molar-refractivity contribution in [1.29, 1.82) is 0 Å². The van der Waals surface area contributed by atoms with E-state index in [0.29, 0.717) is 13.0 Å². The van der Waals surface area contributed by atoms with Crippen LogP contribution in [0.2, 0.25) is 0 Å². The molecule has 3 N–H and O–H groups in total. The number of carbonyl (C=O) groups excluding carboxylic acids is 1. The molecule has 1 aromatic carbocycles. The van der Waals surface area contributed by atoms with Crippen molar-refractivity contribution in [3.63, 3.8) is 0 Å². The highest BCUT2D eigenvalue weighted by Crippen LogP contribution is 2.34. The summed E-state index contributed by atoms with van der Waals surface area (Å²) in [5.74, 6) is 0. The van der Waals surface area contributed by atoms with E-state index in [4.69, 9.17) is 0 Å². The largest absolute Gasteiger partial charge is 0.418 e. The summed E-state index contributed by atoms with van der Waals surface area (Å²) in [5.41, 5.74) is 0.148. The van der Waals surface area contributed by atoms with Gasteiger partial charge in [-0.2, -0.15) is 13.2 Å². The summed E-state index contributed by atoms with van der Waals surface area (Å²) in [6.07, 6.45) is -0.790. The second-order valence-electron chi connectivity index (χ2n) is 4.99. The molecule has 0 unspecified atom stereocenters. The van der Waals surface area contributed by atoms with Gasteiger partial charge in [0, 0.05) is 13.1 Å². The van der Waals surface area contributed by atoms with Gasteiger partial charge in [-0.15, -0.1) is 0 Å². The Balaban J connectivity index is 1.86. The zero-order valence-corrected chi connectivity index (χ0v) is 12.0. The minimum Gasteiger partial charge on any atom is -0.338 e. The lowest BCUT2D eigenvalue weighted by Gasteiger charge is -2.15. The van der Waals surface area contributed by atoms with Crippen LogP contribution >= 0.6 is 0 Å². The van der Waals surface area contributed by atoms with E-state index in [9.17, 15) is 18.0 Å². The quantitative estimate of drug-likeness (QED) is 0.748. The average Bonchev–Trinajstić information content (AvgIpc) is 2.48. The fourth-order valence-electron chi connectivity index (χ4n) is 2.24. The third-order valence-electron chi connectivity index (χ3n) is 3.37. The van der Waals surface area contributed by atoms with Gasteiger partial charge in [0.15, 0.2) is 0 Å². The highest BCUT2D eigenvalue weighted by atomic mass is 19.4. The predicted octanol–water partition coefficient (Wildman–Crippen LogP) is 3.14. The summed E-state index contributed by atoms with van der Waals surface area (Å²) in [4.78, 5) is 11.7. The molecule has 0 aromatic heterocycles. The molecule has 0 saturated heterocycles. The van der Waals surface area contributed by atoms with Gasteiger partial charge in [0.05, 0.1) is 11.3 Å². The normalized spacial score (nSPS) is 15.1. The first kappa shape index (κ1) is 16.4. The Labute approximate surface area is 126 Å². The van der Waals surface area contributed by atoms with Crippen LogP contribution in [0.1, 0.15) is 18.4 Å². The van der Waals surface area contributed by atoms with Gasteiger partial charge in [-0.3, -0.25) is 0 Å². The molecule has 0 saturated carbocycles. The van der Waals surface area contributed by atoms with Crippen molar-refractivity contribution in [1.82, 2.24) is 10.6 Å². The third-order valence-corrected chi connectivity index (χ3v) is 3.37. The molecule has 0 spiro atoms. The summed E-state index contributed by atoms with van der Waals surface area (Å²) < 4.78 is 38.4. The monoisotopic (exact) mass is 313 g/mol. The van der Waals surface area contributed by atoms with Crippen LogP contribution in [0.25, 0.3) is 0 Å². The molecule has 1 heterocycles. The smallest absolute Gasteiger partial charge is 0.338 e. The van der Waals surface area contributed by atoms with Crippen molar-refractivity contribution in [2.45, 2.75) is 19.0 Å². The van der Waals surface area contributed by atoms with Crippen LogP contribution in [-0.2, 0) is 6.18 Å². The predicted molar refractivity (Wildman–Crippen MR) is 78.7 cm³/mol. The fraction of sp³-hybridized carbons (Fsp3) is 0.400. The minimum absolute atomic E-state index is 0.242. The molecule has 1 aromatic rings. The fourth-order valence-corrected chi connectivity index (χ4v) is 2.24. The molecule has 1 aliphatic heterocycles. The van der Waals surface area contributed by atoms with Crippen molar-refractivity contribution in [3.8, 4) is 0 Å². The number of para-hydroxylation sites is 1. The van der Waals surface area contributed by atoms with E-state index in [-0.39, 0.29) is 5.69 Å². The second-order valence-corrected chi connectivity index (χ2v) is 4.99. The molecule has 7 heteroatoms. The van der Waals surface area contributed by atoms with Crippen molar-refractivity contribution in [2.24, 2.45) is 0 Å². The molecule has 0 radical (unpaired) electrons. The maximum absolute atomic E-state index is 12.8. The zero-order chi connectivity index (χ0) is 16.0. The molecule has 22 heavy (non-hydrogen) atoms. The Hall–Kier alpha value is -2.02. The van der Waals surface area contributed by atoms with Crippen molar-refractivity contribution in [2.75, 3.05) is 25.0 Å². The van der Waals surface area contributed by atoms with Crippen LogP contribution < -0.4 is 16.0 Å². The number of nitrogens with one attached hydrogen (secondary N) is 3. The highest BCUT2D eigenvalue weighted by Gasteiger charge is 2.33. The maximum atomic E-state index is 12.8. The number of halogens is 3. The molecular weight excluding hydrogens is 295 g/mol. The molecule has 0 aliphatic carbocycles. The lowest BCUT2D eigenvalue weighted by molar-refractivity contribution is -0.136. The number of hydrogen-bond acceptors (Lipinski definition) is 2. The van der Waals surface area contributed by atoms with Gasteiger partial charge in [-0.05, 0) is 31.5 Å². The van der Waals surface area contributed by atoms with E-state index in [1.54, 1.807) is 0 Å². The van der Waals surface area contributed by atoms with Crippen LogP contribution in [-0.4, -0.2) is 25.7 Å². The van der Waals surface area contributed by atoms with Crippen molar-refractivity contribution < 1.29 is 18.0 Å². The molecule has 2 amide bonds. The lowest BCUT2D eigenvalue weighted by Crippen LogP contribution is -2.31. The van der Waals surface area contributed by atoms with Gasteiger partial charge in [-0.1, -0.05) is 23.8 Å². The van der Waals surface area contributed by atoms with Gasteiger partial charge in [0.2, 0.25) is 0 Å². The summed E-state index contributed by atoms with van der Waals surface area (Å²) in [5, 5.41) is 8.02. The Bertz CT molecular complexity index is 555. The number of carbonyl (C=O) groups is 1. The van der Waals surface area contributed by atoms with Gasteiger partial charge in [0.1, 0.15) is 0 Å². The number of alkyl halides is 3. The summed E-state index contributed by atoms with van der Waals surface area (Å²) in [6.45, 7) is 2.13. The van der Waals surface area contributed by atoms with Gasteiger partial charge >= 0.3 is 12.2 Å². The highest BCUT2D eigenvalue weighted by molar-refractivity contribution is 5.90. The molecule has 4 nitrogen and oxygen atoms in total. The topological polar surface area (TPSA) is 53.2 Å². The summed E-state index contributed by atoms with van der Waals surface area (Å²) in [7, 11) is 0. The minimum atomic E-state index is -4.50. The van der Waals surface area contributed by atoms with Gasteiger partial charge in [-0.25, -0.2) is 4.79 Å². The average molecular weight is 313 g/mol. The van der Waals surface area contributed by atoms with Crippen LogP contribution in [0.3, 0.4) is 0 Å².